The van der Waals surface area contributed by atoms with Crippen LogP contribution in [0.4, 0.5) is 11.5 Å². The number of amides is 1. The van der Waals surface area contributed by atoms with Crippen molar-refractivity contribution in [1.82, 2.24) is 9.78 Å². The van der Waals surface area contributed by atoms with Crippen molar-refractivity contribution in [2.24, 2.45) is 5.92 Å². The Morgan fingerprint density at radius 2 is 1.72 bits per heavy atom. The van der Waals surface area contributed by atoms with Crippen LogP contribution >= 0.6 is 11.6 Å². The number of carbonyl (C=O) groups is 1. The number of piperidine rings is 1. The summed E-state index contributed by atoms with van der Waals surface area (Å²) in [5.74, 6) is 0.732. The van der Waals surface area contributed by atoms with Gasteiger partial charge in [0.05, 0.1) is 5.69 Å². The van der Waals surface area contributed by atoms with Crippen LogP contribution in [0.3, 0.4) is 0 Å². The van der Waals surface area contributed by atoms with Crippen molar-refractivity contribution in [2.75, 3.05) is 23.3 Å². The zero-order valence-corrected chi connectivity index (χ0v) is 19.3. The number of hydrogen-bond acceptors (Lipinski definition) is 4. The van der Waals surface area contributed by atoms with E-state index in [1.54, 1.807) is 30.3 Å². The van der Waals surface area contributed by atoms with E-state index in [0.29, 0.717) is 29.6 Å². The number of aryl methyl sites for hydroxylation is 3. The van der Waals surface area contributed by atoms with E-state index in [1.807, 2.05) is 13.8 Å². The molecule has 0 bridgehead atoms. The summed E-state index contributed by atoms with van der Waals surface area (Å²) in [7, 11) is 0. The largest absolute Gasteiger partial charge is 0.355 e. The van der Waals surface area contributed by atoms with Crippen molar-refractivity contribution < 1.29 is 4.79 Å². The number of anilines is 2. The number of nitrogens with one attached hydrogen (secondary N) is 1. The third-order valence-corrected chi connectivity index (χ3v) is 6.19. The van der Waals surface area contributed by atoms with Gasteiger partial charge >= 0.3 is 0 Å². The lowest BCUT2D eigenvalue weighted by molar-refractivity contribution is -0.120. The average molecular weight is 451 g/mol. The molecule has 0 spiro atoms. The molecule has 1 aliphatic rings. The Balaban J connectivity index is 1.44. The Labute approximate surface area is 192 Å². The second kappa shape index (κ2) is 9.17. The molecule has 1 aromatic heterocycles. The molecule has 0 aliphatic carbocycles. The summed E-state index contributed by atoms with van der Waals surface area (Å²) < 4.78 is 1.36. The second-order valence-electron chi connectivity index (χ2n) is 8.45. The van der Waals surface area contributed by atoms with Gasteiger partial charge < -0.3 is 10.2 Å². The number of halogens is 1. The van der Waals surface area contributed by atoms with Crippen LogP contribution in [0.25, 0.3) is 5.69 Å². The molecule has 166 valence electrons. The molecule has 0 saturated carbocycles. The maximum atomic E-state index is 12.9. The fraction of sp³-hybridized carbons (Fsp3) is 0.320. The molecule has 32 heavy (non-hydrogen) atoms. The molecule has 0 radical (unpaired) electrons. The van der Waals surface area contributed by atoms with E-state index in [9.17, 15) is 9.59 Å². The summed E-state index contributed by atoms with van der Waals surface area (Å²) in [6.07, 6.45) is 1.46. The van der Waals surface area contributed by atoms with Gasteiger partial charge in [-0.15, -0.1) is 5.10 Å². The minimum atomic E-state index is -0.214. The van der Waals surface area contributed by atoms with Crippen LogP contribution < -0.4 is 15.8 Å². The molecule has 1 fully saturated rings. The van der Waals surface area contributed by atoms with E-state index in [0.717, 1.165) is 29.7 Å². The summed E-state index contributed by atoms with van der Waals surface area (Å²) in [6, 6.07) is 14.5. The zero-order valence-electron chi connectivity index (χ0n) is 18.6. The number of rotatable bonds is 4. The van der Waals surface area contributed by atoms with Gasteiger partial charge in [-0.2, -0.15) is 4.68 Å². The molecule has 2 heterocycles. The number of hydrogen-bond donors (Lipinski definition) is 1. The van der Waals surface area contributed by atoms with Crippen LogP contribution in [0.5, 0.6) is 0 Å². The summed E-state index contributed by atoms with van der Waals surface area (Å²) in [5.41, 5.74) is 4.69. The first-order valence-electron chi connectivity index (χ1n) is 10.8. The third-order valence-electron chi connectivity index (χ3n) is 5.95. The molecule has 1 N–H and O–H groups in total. The van der Waals surface area contributed by atoms with Crippen molar-refractivity contribution in [2.45, 2.75) is 33.6 Å². The molecule has 6 nitrogen and oxygen atoms in total. The molecule has 0 atom stereocenters. The second-order valence-corrected chi connectivity index (χ2v) is 8.88. The van der Waals surface area contributed by atoms with Crippen LogP contribution in [0.2, 0.25) is 5.02 Å². The maximum absolute atomic E-state index is 12.9. The van der Waals surface area contributed by atoms with Crippen molar-refractivity contribution in [3.63, 3.8) is 0 Å². The Morgan fingerprint density at radius 1 is 1.03 bits per heavy atom. The normalized spacial score (nSPS) is 14.4. The van der Waals surface area contributed by atoms with Crippen molar-refractivity contribution in [3.8, 4) is 5.69 Å². The number of nitrogens with zero attached hydrogens (tertiary/aromatic N) is 3. The third kappa shape index (κ3) is 4.70. The van der Waals surface area contributed by atoms with Crippen molar-refractivity contribution in [1.29, 1.82) is 0 Å². The number of aromatic nitrogens is 2. The zero-order chi connectivity index (χ0) is 22.8. The summed E-state index contributed by atoms with van der Waals surface area (Å²) in [6.45, 7) is 7.51. The average Bonchev–Trinajstić information content (AvgIpc) is 2.76. The smallest absolute Gasteiger partial charge is 0.271 e. The fourth-order valence-corrected chi connectivity index (χ4v) is 4.52. The highest BCUT2D eigenvalue weighted by Gasteiger charge is 2.26. The van der Waals surface area contributed by atoms with Gasteiger partial charge in [-0.1, -0.05) is 35.4 Å². The Kier molecular flexibility index (Phi) is 6.33. The first-order valence-corrected chi connectivity index (χ1v) is 11.2. The SMILES string of the molecule is Cc1cc(C)c(NC(=O)C2CCN(c3ccc(=O)n(-c4cccc(Cl)c4)n3)CC2)c(C)c1. The van der Waals surface area contributed by atoms with Crippen LogP contribution in [0.15, 0.2) is 53.3 Å². The molecular weight excluding hydrogens is 424 g/mol. The topological polar surface area (TPSA) is 67.2 Å². The monoisotopic (exact) mass is 450 g/mol. The van der Waals surface area contributed by atoms with Crippen molar-refractivity contribution >= 4 is 29.0 Å². The lowest BCUT2D eigenvalue weighted by Crippen LogP contribution is -2.39. The highest BCUT2D eigenvalue weighted by Crippen LogP contribution is 2.26. The summed E-state index contributed by atoms with van der Waals surface area (Å²) in [4.78, 5) is 27.4. The molecule has 2 aromatic carbocycles. The lowest BCUT2D eigenvalue weighted by atomic mass is 9.95. The molecule has 1 amide bonds. The van der Waals surface area contributed by atoms with E-state index < -0.39 is 0 Å². The van der Waals surface area contributed by atoms with Gasteiger partial charge in [0.25, 0.3) is 5.56 Å². The molecule has 3 aromatic rings. The molecule has 1 aliphatic heterocycles. The van der Waals surface area contributed by atoms with E-state index in [1.165, 1.54) is 16.3 Å². The Morgan fingerprint density at radius 3 is 2.38 bits per heavy atom. The van der Waals surface area contributed by atoms with Crippen LogP contribution in [-0.2, 0) is 4.79 Å². The lowest BCUT2D eigenvalue weighted by Gasteiger charge is -2.32. The van der Waals surface area contributed by atoms with E-state index in [2.05, 4.69) is 34.4 Å². The highest BCUT2D eigenvalue weighted by molar-refractivity contribution is 6.30. The van der Waals surface area contributed by atoms with Gasteiger partial charge in [0.2, 0.25) is 5.91 Å². The minimum absolute atomic E-state index is 0.0508. The van der Waals surface area contributed by atoms with Gasteiger partial charge in [0.1, 0.15) is 5.82 Å². The summed E-state index contributed by atoms with van der Waals surface area (Å²) in [5, 5.41) is 8.24. The molecule has 4 rings (SSSR count). The fourth-order valence-electron chi connectivity index (χ4n) is 4.34. The standard InChI is InChI=1S/C25H27ClN4O2/c1-16-13-17(2)24(18(3)14-16)27-25(32)19-9-11-29(12-10-19)22-7-8-23(31)30(28-22)21-6-4-5-20(26)15-21/h4-8,13-15,19H,9-12H2,1-3H3,(H,27,32). The predicted octanol–water partition coefficient (Wildman–Crippen LogP) is 4.67. The van der Waals surface area contributed by atoms with Gasteiger partial charge in [-0.05, 0) is 69.0 Å². The van der Waals surface area contributed by atoms with Crippen LogP contribution in [-0.4, -0.2) is 28.8 Å². The van der Waals surface area contributed by atoms with Crippen LogP contribution in [0.1, 0.15) is 29.5 Å². The highest BCUT2D eigenvalue weighted by atomic mass is 35.5. The van der Waals surface area contributed by atoms with E-state index in [4.69, 9.17) is 11.6 Å². The minimum Gasteiger partial charge on any atom is -0.355 e. The number of benzene rings is 2. The van der Waals surface area contributed by atoms with Gasteiger partial charge in [0.15, 0.2) is 0 Å². The predicted molar refractivity (Wildman–Crippen MR) is 129 cm³/mol. The number of carbonyl (C=O) groups excluding carboxylic acids is 1. The van der Waals surface area contributed by atoms with Crippen LogP contribution in [0, 0.1) is 26.7 Å². The van der Waals surface area contributed by atoms with Crippen molar-refractivity contribution in [3.05, 3.63) is 80.6 Å². The van der Waals surface area contributed by atoms with E-state index >= 15 is 0 Å². The molecule has 0 unspecified atom stereocenters. The van der Waals surface area contributed by atoms with Gasteiger partial charge in [0, 0.05) is 35.8 Å². The maximum Gasteiger partial charge on any atom is 0.271 e. The first kappa shape index (κ1) is 22.1. The molecule has 1 saturated heterocycles. The Bertz CT molecular complexity index is 1190. The van der Waals surface area contributed by atoms with Gasteiger partial charge in [-0.3, -0.25) is 9.59 Å². The molecular formula is C25H27ClN4O2. The quantitative estimate of drug-likeness (QED) is 0.627. The first-order chi connectivity index (χ1) is 15.3. The van der Waals surface area contributed by atoms with Gasteiger partial charge in [-0.25, -0.2) is 0 Å². The summed E-state index contributed by atoms with van der Waals surface area (Å²) >= 11 is 6.07. The molecule has 7 heteroatoms. The Hall–Kier alpha value is -3.12. The van der Waals surface area contributed by atoms with E-state index in [-0.39, 0.29) is 17.4 Å².